The minimum Gasteiger partial charge on any atom is -0.504 e. The second kappa shape index (κ2) is 8.38. The molecule has 2 heterocycles. The zero-order chi connectivity index (χ0) is 21.1. The molecule has 1 N–H and O–H groups in total. The Labute approximate surface area is 177 Å². The lowest BCUT2D eigenvalue weighted by Crippen LogP contribution is -2.61. The van der Waals surface area contributed by atoms with Crippen LogP contribution in [-0.4, -0.2) is 59.0 Å². The fraction of sp³-hybridized carbons (Fsp3) is 0.417. The van der Waals surface area contributed by atoms with Gasteiger partial charge in [-0.2, -0.15) is 0 Å². The molecule has 2 aliphatic rings. The number of piperidine rings is 1. The highest BCUT2D eigenvalue weighted by Crippen LogP contribution is 2.40. The van der Waals surface area contributed by atoms with Crippen LogP contribution in [0.2, 0.25) is 0 Å². The summed E-state index contributed by atoms with van der Waals surface area (Å²) < 4.78 is 5.15. The Morgan fingerprint density at radius 1 is 1.10 bits per heavy atom. The molecule has 1 unspecified atom stereocenters. The van der Waals surface area contributed by atoms with Crippen molar-refractivity contribution in [1.29, 1.82) is 0 Å². The lowest BCUT2D eigenvalue weighted by molar-refractivity contribution is -0.145. The van der Waals surface area contributed by atoms with Gasteiger partial charge in [-0.3, -0.25) is 9.59 Å². The smallest absolute Gasteiger partial charge is 0.254 e. The first kappa shape index (κ1) is 20.3. The number of phenolic OH excluding ortho intramolecular Hbond substituents is 1. The number of rotatable bonds is 5. The van der Waals surface area contributed by atoms with E-state index in [1.165, 1.54) is 18.7 Å². The minimum atomic E-state index is -0.753. The highest BCUT2D eigenvalue weighted by Gasteiger charge is 2.52. The van der Waals surface area contributed by atoms with Crippen LogP contribution >= 0.6 is 0 Å². The quantitative estimate of drug-likeness (QED) is 0.825. The topological polar surface area (TPSA) is 70.1 Å². The third kappa shape index (κ3) is 3.62. The second-order valence-electron chi connectivity index (χ2n) is 8.11. The zero-order valence-corrected chi connectivity index (χ0v) is 17.3. The molecule has 4 rings (SSSR count). The van der Waals surface area contributed by atoms with E-state index < -0.39 is 5.54 Å². The molecule has 0 bridgehead atoms. The van der Waals surface area contributed by atoms with E-state index in [0.29, 0.717) is 31.5 Å². The summed E-state index contributed by atoms with van der Waals surface area (Å²) in [7, 11) is 1.45. The van der Waals surface area contributed by atoms with Crippen LogP contribution in [0.3, 0.4) is 0 Å². The van der Waals surface area contributed by atoms with Gasteiger partial charge >= 0.3 is 0 Å². The molecule has 30 heavy (non-hydrogen) atoms. The minimum absolute atomic E-state index is 0.00832. The molecule has 6 nitrogen and oxygen atoms in total. The number of methoxy groups -OCH3 is 1. The molecule has 2 aliphatic heterocycles. The first-order valence-electron chi connectivity index (χ1n) is 10.6. The SMILES string of the molecule is COc1cc(C(=O)N2CCCC23CCCN(CCc2ccccc2)C3=O)ccc1O. The molecule has 2 aromatic carbocycles. The average molecular weight is 408 g/mol. The molecule has 1 spiro atoms. The van der Waals surface area contributed by atoms with E-state index in [1.54, 1.807) is 17.0 Å². The molecule has 158 valence electrons. The van der Waals surface area contributed by atoms with Crippen molar-refractivity contribution in [3.8, 4) is 11.5 Å². The molecule has 2 fully saturated rings. The van der Waals surface area contributed by atoms with Gasteiger partial charge in [0.05, 0.1) is 7.11 Å². The molecule has 2 aromatic rings. The molecule has 0 aliphatic carbocycles. The maximum Gasteiger partial charge on any atom is 0.254 e. The van der Waals surface area contributed by atoms with E-state index >= 15 is 0 Å². The first-order chi connectivity index (χ1) is 14.5. The van der Waals surface area contributed by atoms with Crippen LogP contribution < -0.4 is 4.74 Å². The maximum atomic E-state index is 13.6. The zero-order valence-electron chi connectivity index (χ0n) is 17.3. The van der Waals surface area contributed by atoms with E-state index in [4.69, 9.17) is 4.74 Å². The molecular formula is C24H28N2O4. The number of nitrogens with zero attached hydrogens (tertiary/aromatic N) is 2. The van der Waals surface area contributed by atoms with E-state index in [9.17, 15) is 14.7 Å². The van der Waals surface area contributed by atoms with Crippen molar-refractivity contribution >= 4 is 11.8 Å². The predicted molar refractivity (Wildman–Crippen MR) is 114 cm³/mol. The largest absolute Gasteiger partial charge is 0.504 e. The number of phenols is 1. The Bertz CT molecular complexity index is 930. The summed E-state index contributed by atoms with van der Waals surface area (Å²) in [4.78, 5) is 30.6. The van der Waals surface area contributed by atoms with Gasteiger partial charge < -0.3 is 19.6 Å². The summed E-state index contributed by atoms with van der Waals surface area (Å²) >= 11 is 0. The van der Waals surface area contributed by atoms with Gasteiger partial charge in [0.25, 0.3) is 5.91 Å². The maximum absolute atomic E-state index is 13.6. The van der Waals surface area contributed by atoms with Gasteiger partial charge in [-0.05, 0) is 55.9 Å². The number of amides is 2. The lowest BCUT2D eigenvalue weighted by atomic mass is 9.84. The van der Waals surface area contributed by atoms with Gasteiger partial charge in [0.15, 0.2) is 11.5 Å². The van der Waals surface area contributed by atoms with Gasteiger partial charge in [0.1, 0.15) is 5.54 Å². The number of hydrogen-bond donors (Lipinski definition) is 1. The van der Waals surface area contributed by atoms with Crippen molar-refractivity contribution < 1.29 is 19.4 Å². The van der Waals surface area contributed by atoms with E-state index in [-0.39, 0.29) is 23.3 Å². The van der Waals surface area contributed by atoms with Crippen LogP contribution in [0.5, 0.6) is 11.5 Å². The Balaban J connectivity index is 1.54. The molecule has 6 heteroatoms. The predicted octanol–water partition coefficient (Wildman–Crippen LogP) is 3.24. The van der Waals surface area contributed by atoms with Crippen LogP contribution in [0, 0.1) is 0 Å². The van der Waals surface area contributed by atoms with Crippen LogP contribution in [0.25, 0.3) is 0 Å². The van der Waals surface area contributed by atoms with E-state index in [1.807, 2.05) is 23.1 Å². The summed E-state index contributed by atoms with van der Waals surface area (Å²) in [6, 6.07) is 14.8. The van der Waals surface area contributed by atoms with E-state index in [0.717, 1.165) is 25.8 Å². The van der Waals surface area contributed by atoms with Gasteiger partial charge in [0.2, 0.25) is 5.91 Å². The van der Waals surface area contributed by atoms with Gasteiger partial charge in [-0.1, -0.05) is 30.3 Å². The molecular weight excluding hydrogens is 380 g/mol. The third-order valence-electron chi connectivity index (χ3n) is 6.38. The average Bonchev–Trinajstić information content (AvgIpc) is 3.19. The normalized spacial score (nSPS) is 21.3. The summed E-state index contributed by atoms with van der Waals surface area (Å²) in [5.74, 6) is 0.143. The van der Waals surface area contributed by atoms with Crippen molar-refractivity contribution in [2.24, 2.45) is 0 Å². The number of carbonyl (C=O) groups is 2. The summed E-state index contributed by atoms with van der Waals surface area (Å²) in [5, 5.41) is 9.84. The summed E-state index contributed by atoms with van der Waals surface area (Å²) in [5.41, 5.74) is 0.887. The molecule has 2 saturated heterocycles. The number of aromatic hydroxyl groups is 1. The number of benzene rings is 2. The molecule has 0 radical (unpaired) electrons. The summed E-state index contributed by atoms with van der Waals surface area (Å²) in [6.45, 7) is 1.97. The van der Waals surface area contributed by atoms with Crippen LogP contribution in [0.15, 0.2) is 48.5 Å². The van der Waals surface area contributed by atoms with Gasteiger partial charge in [-0.15, -0.1) is 0 Å². The standard InChI is InChI=1S/C24H28N2O4/c1-30-21-17-19(9-10-20(21)27)22(28)26-15-6-13-24(26)12-5-14-25(23(24)29)16-11-18-7-3-2-4-8-18/h2-4,7-10,17,27H,5-6,11-16H2,1H3. The first-order valence-corrected chi connectivity index (χ1v) is 10.6. The fourth-order valence-corrected chi connectivity index (χ4v) is 4.81. The lowest BCUT2D eigenvalue weighted by Gasteiger charge is -2.44. The fourth-order valence-electron chi connectivity index (χ4n) is 4.81. The van der Waals surface area contributed by atoms with Crippen molar-refractivity contribution in [3.63, 3.8) is 0 Å². The van der Waals surface area contributed by atoms with Crippen LogP contribution in [-0.2, 0) is 11.2 Å². The number of hydrogen-bond acceptors (Lipinski definition) is 4. The van der Waals surface area contributed by atoms with E-state index in [2.05, 4.69) is 12.1 Å². The van der Waals surface area contributed by atoms with Crippen molar-refractivity contribution in [2.75, 3.05) is 26.7 Å². The highest BCUT2D eigenvalue weighted by atomic mass is 16.5. The Hall–Kier alpha value is -3.02. The van der Waals surface area contributed by atoms with Gasteiger partial charge in [-0.25, -0.2) is 0 Å². The highest BCUT2D eigenvalue weighted by molar-refractivity contribution is 6.00. The van der Waals surface area contributed by atoms with Gasteiger partial charge in [0, 0.05) is 25.2 Å². The van der Waals surface area contributed by atoms with Crippen LogP contribution in [0.1, 0.15) is 41.6 Å². The van der Waals surface area contributed by atoms with Crippen LogP contribution in [0.4, 0.5) is 0 Å². The molecule has 1 atom stereocenters. The Morgan fingerprint density at radius 3 is 2.57 bits per heavy atom. The van der Waals surface area contributed by atoms with Crippen molar-refractivity contribution in [3.05, 3.63) is 59.7 Å². The third-order valence-corrected chi connectivity index (χ3v) is 6.38. The Morgan fingerprint density at radius 2 is 1.83 bits per heavy atom. The Kier molecular flexibility index (Phi) is 5.66. The molecule has 0 aromatic heterocycles. The molecule has 2 amide bonds. The number of likely N-dealkylation sites (tertiary alicyclic amines) is 2. The second-order valence-corrected chi connectivity index (χ2v) is 8.11. The van der Waals surface area contributed by atoms with Crippen molar-refractivity contribution in [1.82, 2.24) is 9.80 Å². The monoisotopic (exact) mass is 408 g/mol. The summed E-state index contributed by atoms with van der Waals surface area (Å²) in [6.07, 6.45) is 3.93. The number of ether oxygens (including phenoxy) is 1. The number of carbonyl (C=O) groups excluding carboxylic acids is 2. The van der Waals surface area contributed by atoms with Crippen molar-refractivity contribution in [2.45, 2.75) is 37.6 Å². The molecule has 0 saturated carbocycles.